The van der Waals surface area contributed by atoms with Crippen LogP contribution in [0.5, 0.6) is 0 Å². The fraction of sp³-hybridized carbons (Fsp3) is 0.571. The Morgan fingerprint density at radius 2 is 1.89 bits per heavy atom. The molecule has 0 unspecified atom stereocenters. The molecule has 0 radical (unpaired) electrons. The molecular formula is C14H20ClNO2S. The first-order valence-electron chi connectivity index (χ1n) is 6.66. The molecule has 5 heteroatoms. The van der Waals surface area contributed by atoms with E-state index in [4.69, 9.17) is 11.6 Å². The van der Waals surface area contributed by atoms with Crippen LogP contribution in [0.4, 0.5) is 0 Å². The van der Waals surface area contributed by atoms with Crippen molar-refractivity contribution in [2.75, 3.05) is 6.54 Å². The van der Waals surface area contributed by atoms with E-state index in [9.17, 15) is 8.42 Å². The maximum atomic E-state index is 12.2. The van der Waals surface area contributed by atoms with E-state index in [1.807, 2.05) is 0 Å². The molecule has 1 aliphatic carbocycles. The molecule has 0 aliphatic heterocycles. The molecule has 1 aromatic carbocycles. The number of hydrogen-bond donors (Lipinski definition) is 1. The Kier molecular flexibility index (Phi) is 4.54. The second-order valence-corrected chi connectivity index (χ2v) is 7.34. The van der Waals surface area contributed by atoms with E-state index < -0.39 is 10.0 Å². The highest BCUT2D eigenvalue weighted by molar-refractivity contribution is 7.89. The molecule has 1 N–H and O–H groups in total. The van der Waals surface area contributed by atoms with Crippen LogP contribution in [0.1, 0.15) is 38.2 Å². The van der Waals surface area contributed by atoms with Gasteiger partial charge in [-0.25, -0.2) is 13.1 Å². The summed E-state index contributed by atoms with van der Waals surface area (Å²) < 4.78 is 27.1. The van der Waals surface area contributed by atoms with Crippen LogP contribution in [0, 0.1) is 5.41 Å². The molecule has 0 atom stereocenters. The zero-order valence-corrected chi connectivity index (χ0v) is 12.7. The summed E-state index contributed by atoms with van der Waals surface area (Å²) in [4.78, 5) is 0.312. The van der Waals surface area contributed by atoms with Gasteiger partial charge in [0.15, 0.2) is 0 Å². The lowest BCUT2D eigenvalue weighted by Gasteiger charge is -2.41. The van der Waals surface area contributed by atoms with Crippen LogP contribution >= 0.6 is 11.6 Å². The van der Waals surface area contributed by atoms with E-state index in [1.165, 1.54) is 6.42 Å². The molecule has 0 heterocycles. The summed E-state index contributed by atoms with van der Waals surface area (Å²) in [7, 11) is -3.40. The molecule has 0 saturated heterocycles. The molecule has 0 amide bonds. The number of alkyl halides is 1. The number of sulfonamides is 1. The van der Waals surface area contributed by atoms with E-state index in [0.717, 1.165) is 24.8 Å². The van der Waals surface area contributed by atoms with Crippen molar-refractivity contribution >= 4 is 21.6 Å². The average molecular weight is 302 g/mol. The van der Waals surface area contributed by atoms with Crippen LogP contribution < -0.4 is 4.72 Å². The lowest BCUT2D eigenvalue weighted by molar-refractivity contribution is 0.133. The van der Waals surface area contributed by atoms with E-state index in [-0.39, 0.29) is 5.41 Å². The van der Waals surface area contributed by atoms with E-state index in [1.54, 1.807) is 24.3 Å². The molecule has 106 valence electrons. The monoisotopic (exact) mass is 301 g/mol. The van der Waals surface area contributed by atoms with Gasteiger partial charge in [0.1, 0.15) is 0 Å². The summed E-state index contributed by atoms with van der Waals surface area (Å²) in [6, 6.07) is 6.72. The van der Waals surface area contributed by atoms with Gasteiger partial charge in [0.25, 0.3) is 0 Å². The van der Waals surface area contributed by atoms with Gasteiger partial charge in [0, 0.05) is 12.4 Å². The number of rotatable bonds is 6. The lowest BCUT2D eigenvalue weighted by atomic mass is 9.67. The molecule has 0 bridgehead atoms. The highest BCUT2D eigenvalue weighted by Gasteiger charge is 2.36. The Hall–Kier alpha value is -0.580. The summed E-state index contributed by atoms with van der Waals surface area (Å²) in [5.74, 6) is 0.396. The van der Waals surface area contributed by atoms with Gasteiger partial charge in [-0.1, -0.05) is 25.5 Å². The lowest BCUT2D eigenvalue weighted by Crippen LogP contribution is -2.41. The van der Waals surface area contributed by atoms with Gasteiger partial charge in [0.05, 0.1) is 4.90 Å². The highest BCUT2D eigenvalue weighted by atomic mass is 35.5. The minimum atomic E-state index is -3.40. The van der Waals surface area contributed by atoms with Gasteiger partial charge in [-0.05, 0) is 42.4 Å². The van der Waals surface area contributed by atoms with Gasteiger partial charge in [-0.15, -0.1) is 11.6 Å². The first-order chi connectivity index (χ1) is 9.01. The van der Waals surface area contributed by atoms with Crippen LogP contribution in [0.2, 0.25) is 0 Å². The smallest absolute Gasteiger partial charge is 0.211 e. The molecule has 0 aromatic heterocycles. The van der Waals surface area contributed by atoms with Crippen LogP contribution in [-0.4, -0.2) is 15.0 Å². The van der Waals surface area contributed by atoms with Crippen LogP contribution in [0.3, 0.4) is 0 Å². The van der Waals surface area contributed by atoms with E-state index in [2.05, 4.69) is 11.6 Å². The average Bonchev–Trinajstić information content (AvgIpc) is 2.38. The van der Waals surface area contributed by atoms with Crippen molar-refractivity contribution < 1.29 is 8.42 Å². The molecule has 2 rings (SSSR count). The number of benzene rings is 1. The van der Waals surface area contributed by atoms with Gasteiger partial charge in [0.2, 0.25) is 10.0 Å². The summed E-state index contributed by atoms with van der Waals surface area (Å²) >= 11 is 5.69. The van der Waals surface area contributed by atoms with Crippen molar-refractivity contribution in [1.29, 1.82) is 0 Å². The Morgan fingerprint density at radius 1 is 1.26 bits per heavy atom. The Bertz CT molecular complexity index is 515. The standard InChI is InChI=1S/C14H20ClNO2S/c1-2-14(8-3-9-14)11-16-19(17,18)13-6-4-12(10-15)5-7-13/h4-7,16H,2-3,8-11H2,1H3. The summed E-state index contributed by atoms with van der Waals surface area (Å²) in [5.41, 5.74) is 1.10. The van der Waals surface area contributed by atoms with Crippen LogP contribution in [0.25, 0.3) is 0 Å². The zero-order valence-electron chi connectivity index (χ0n) is 11.2. The second-order valence-electron chi connectivity index (χ2n) is 5.31. The number of hydrogen-bond acceptors (Lipinski definition) is 2. The SMILES string of the molecule is CCC1(CNS(=O)(=O)c2ccc(CCl)cc2)CCC1. The molecule has 1 aromatic rings. The Labute approximate surface area is 120 Å². The minimum absolute atomic E-state index is 0.184. The normalized spacial score (nSPS) is 18.0. The first-order valence-corrected chi connectivity index (χ1v) is 8.68. The number of halogens is 1. The third-order valence-electron chi connectivity index (χ3n) is 4.19. The number of nitrogens with one attached hydrogen (secondary N) is 1. The first kappa shape index (κ1) is 14.8. The topological polar surface area (TPSA) is 46.2 Å². The molecule has 1 fully saturated rings. The van der Waals surface area contributed by atoms with E-state index >= 15 is 0 Å². The largest absolute Gasteiger partial charge is 0.240 e. The Balaban J connectivity index is 2.05. The quantitative estimate of drug-likeness (QED) is 0.820. The minimum Gasteiger partial charge on any atom is -0.211 e. The second kappa shape index (κ2) is 5.81. The van der Waals surface area contributed by atoms with Gasteiger partial charge >= 0.3 is 0 Å². The molecule has 1 saturated carbocycles. The predicted octanol–water partition coefficient (Wildman–Crippen LogP) is 3.28. The zero-order chi connectivity index (χ0) is 13.9. The van der Waals surface area contributed by atoms with E-state index in [0.29, 0.717) is 17.3 Å². The highest BCUT2D eigenvalue weighted by Crippen LogP contribution is 2.43. The maximum Gasteiger partial charge on any atom is 0.240 e. The van der Waals surface area contributed by atoms with Crippen molar-refractivity contribution in [3.05, 3.63) is 29.8 Å². The fourth-order valence-electron chi connectivity index (χ4n) is 2.42. The van der Waals surface area contributed by atoms with Gasteiger partial charge in [-0.3, -0.25) is 0 Å². The third-order valence-corrected chi connectivity index (χ3v) is 5.92. The molecular weight excluding hydrogens is 282 g/mol. The van der Waals surface area contributed by atoms with Crippen molar-refractivity contribution in [2.45, 2.75) is 43.4 Å². The van der Waals surface area contributed by atoms with Crippen molar-refractivity contribution in [3.8, 4) is 0 Å². The third kappa shape index (κ3) is 3.30. The molecule has 3 nitrogen and oxygen atoms in total. The van der Waals surface area contributed by atoms with Crippen molar-refractivity contribution in [2.24, 2.45) is 5.41 Å². The molecule has 1 aliphatic rings. The summed E-state index contributed by atoms with van der Waals surface area (Å²) in [5, 5.41) is 0. The summed E-state index contributed by atoms with van der Waals surface area (Å²) in [6.07, 6.45) is 4.48. The Morgan fingerprint density at radius 3 is 2.32 bits per heavy atom. The summed E-state index contributed by atoms with van der Waals surface area (Å²) in [6.45, 7) is 2.67. The van der Waals surface area contributed by atoms with Gasteiger partial charge in [-0.2, -0.15) is 0 Å². The van der Waals surface area contributed by atoms with Crippen molar-refractivity contribution in [1.82, 2.24) is 4.72 Å². The fourth-order valence-corrected chi connectivity index (χ4v) is 3.76. The molecule has 0 spiro atoms. The van der Waals surface area contributed by atoms with Crippen LogP contribution in [-0.2, 0) is 15.9 Å². The molecule has 19 heavy (non-hydrogen) atoms. The van der Waals surface area contributed by atoms with Gasteiger partial charge < -0.3 is 0 Å². The van der Waals surface area contributed by atoms with Crippen LogP contribution in [0.15, 0.2) is 29.2 Å². The van der Waals surface area contributed by atoms with Crippen molar-refractivity contribution in [3.63, 3.8) is 0 Å². The predicted molar refractivity (Wildman–Crippen MR) is 77.8 cm³/mol. The maximum absolute atomic E-state index is 12.2.